The second kappa shape index (κ2) is 5.04. The summed E-state index contributed by atoms with van der Waals surface area (Å²) in [6.45, 7) is 2.36. The lowest BCUT2D eigenvalue weighted by molar-refractivity contribution is 0.663. The molecule has 2 aromatic rings. The van der Waals surface area contributed by atoms with Gasteiger partial charge in [-0.25, -0.2) is 0 Å². The number of hydrogen-bond acceptors (Lipinski definition) is 0. The summed E-state index contributed by atoms with van der Waals surface area (Å²) in [4.78, 5) is 0. The molecule has 2 aromatic carbocycles. The predicted octanol–water partition coefficient (Wildman–Crippen LogP) is 5.32. The third-order valence-electron chi connectivity index (χ3n) is 4.91. The van der Waals surface area contributed by atoms with E-state index in [1.54, 1.807) is 11.1 Å². The topological polar surface area (TPSA) is 0 Å². The Kier molecular flexibility index (Phi) is 3.03. The summed E-state index contributed by atoms with van der Waals surface area (Å²) in [6, 6.07) is 15.7. The Labute approximate surface area is 126 Å². The molecule has 0 aromatic heterocycles. The van der Waals surface area contributed by atoms with E-state index in [0.717, 1.165) is 19.3 Å². The van der Waals surface area contributed by atoms with Gasteiger partial charge >= 0.3 is 0 Å². The Balaban J connectivity index is 1.67. The van der Waals surface area contributed by atoms with Gasteiger partial charge in [0.25, 0.3) is 0 Å². The van der Waals surface area contributed by atoms with Crippen molar-refractivity contribution in [1.82, 2.24) is 0 Å². The molecule has 0 bridgehead atoms. The fraction of sp³-hybridized carbons (Fsp3) is 0.238. The SMILES string of the molecule is CC(Cc1cccc2c1Cc1ccccc1-2)C1=CC=CC1. The van der Waals surface area contributed by atoms with Crippen molar-refractivity contribution in [3.8, 4) is 11.1 Å². The zero-order chi connectivity index (χ0) is 14.2. The highest BCUT2D eigenvalue weighted by molar-refractivity contribution is 5.77. The quantitative estimate of drug-likeness (QED) is 0.605. The van der Waals surface area contributed by atoms with Gasteiger partial charge in [-0.2, -0.15) is 0 Å². The van der Waals surface area contributed by atoms with E-state index < -0.39 is 0 Å². The van der Waals surface area contributed by atoms with E-state index >= 15 is 0 Å². The van der Waals surface area contributed by atoms with Gasteiger partial charge in [-0.3, -0.25) is 0 Å². The van der Waals surface area contributed by atoms with Crippen LogP contribution in [0.15, 0.2) is 66.3 Å². The van der Waals surface area contributed by atoms with Gasteiger partial charge in [0, 0.05) is 0 Å². The predicted molar refractivity (Wildman–Crippen MR) is 89.4 cm³/mol. The Morgan fingerprint density at radius 1 is 1.00 bits per heavy atom. The van der Waals surface area contributed by atoms with Crippen LogP contribution >= 0.6 is 0 Å². The first-order chi connectivity index (χ1) is 10.3. The molecule has 0 heteroatoms. The Bertz CT molecular complexity index is 746. The van der Waals surface area contributed by atoms with Gasteiger partial charge in [-0.1, -0.05) is 73.2 Å². The standard InChI is InChI=1S/C21H20/c1-15(16-7-2-3-8-16)13-17-10-6-12-20-19-11-5-4-9-18(19)14-21(17)20/h2-7,9-12,15H,8,13-14H2,1H3. The van der Waals surface area contributed by atoms with E-state index in [-0.39, 0.29) is 0 Å². The molecule has 0 heterocycles. The molecule has 0 aliphatic heterocycles. The molecule has 21 heavy (non-hydrogen) atoms. The van der Waals surface area contributed by atoms with Crippen LogP contribution in [0.1, 0.15) is 30.0 Å². The molecule has 2 aliphatic carbocycles. The zero-order valence-corrected chi connectivity index (χ0v) is 12.5. The molecule has 1 atom stereocenters. The van der Waals surface area contributed by atoms with Crippen LogP contribution in [-0.4, -0.2) is 0 Å². The summed E-state index contributed by atoms with van der Waals surface area (Å²) in [7, 11) is 0. The van der Waals surface area contributed by atoms with E-state index in [4.69, 9.17) is 0 Å². The van der Waals surface area contributed by atoms with E-state index in [9.17, 15) is 0 Å². The minimum Gasteiger partial charge on any atom is -0.0805 e. The van der Waals surface area contributed by atoms with Crippen molar-refractivity contribution in [2.45, 2.75) is 26.2 Å². The molecule has 104 valence electrons. The minimum absolute atomic E-state index is 0.634. The van der Waals surface area contributed by atoms with Crippen LogP contribution in [-0.2, 0) is 12.8 Å². The van der Waals surface area contributed by atoms with Gasteiger partial charge in [0.1, 0.15) is 0 Å². The monoisotopic (exact) mass is 272 g/mol. The summed E-state index contributed by atoms with van der Waals surface area (Å²) in [6.07, 6.45) is 10.1. The van der Waals surface area contributed by atoms with Crippen molar-refractivity contribution in [1.29, 1.82) is 0 Å². The lowest BCUT2D eigenvalue weighted by Gasteiger charge is -2.16. The maximum atomic E-state index is 2.36. The van der Waals surface area contributed by atoms with Gasteiger partial charge in [-0.15, -0.1) is 0 Å². The number of rotatable bonds is 3. The number of allylic oxidation sites excluding steroid dienone is 4. The second-order valence-electron chi connectivity index (χ2n) is 6.26. The van der Waals surface area contributed by atoms with Gasteiger partial charge in [0.2, 0.25) is 0 Å². The van der Waals surface area contributed by atoms with E-state index in [1.807, 2.05) is 0 Å². The molecule has 2 aliphatic rings. The van der Waals surface area contributed by atoms with Crippen molar-refractivity contribution in [3.05, 3.63) is 83.0 Å². The summed E-state index contributed by atoms with van der Waals surface area (Å²) in [5, 5.41) is 0. The molecule has 0 N–H and O–H groups in total. The van der Waals surface area contributed by atoms with Crippen LogP contribution in [0.4, 0.5) is 0 Å². The van der Waals surface area contributed by atoms with E-state index in [0.29, 0.717) is 5.92 Å². The summed E-state index contributed by atoms with van der Waals surface area (Å²) in [5.41, 5.74) is 9.02. The highest BCUT2D eigenvalue weighted by atomic mass is 14.3. The van der Waals surface area contributed by atoms with Gasteiger partial charge < -0.3 is 0 Å². The van der Waals surface area contributed by atoms with Crippen LogP contribution in [0.5, 0.6) is 0 Å². The van der Waals surface area contributed by atoms with Crippen molar-refractivity contribution in [3.63, 3.8) is 0 Å². The second-order valence-corrected chi connectivity index (χ2v) is 6.26. The van der Waals surface area contributed by atoms with Gasteiger partial charge in [0.15, 0.2) is 0 Å². The zero-order valence-electron chi connectivity index (χ0n) is 12.5. The maximum Gasteiger partial charge on any atom is -0.00107 e. The largest absolute Gasteiger partial charge is 0.0805 e. The summed E-state index contributed by atoms with van der Waals surface area (Å²) >= 11 is 0. The molecule has 0 amide bonds. The molecule has 0 saturated heterocycles. The maximum absolute atomic E-state index is 2.36. The number of hydrogen-bond donors (Lipinski definition) is 0. The number of benzene rings is 2. The molecule has 0 fully saturated rings. The van der Waals surface area contributed by atoms with E-state index in [1.165, 1.54) is 22.3 Å². The fourth-order valence-corrected chi connectivity index (χ4v) is 3.70. The van der Waals surface area contributed by atoms with Gasteiger partial charge in [0.05, 0.1) is 0 Å². The van der Waals surface area contributed by atoms with Crippen molar-refractivity contribution >= 4 is 0 Å². The molecule has 0 radical (unpaired) electrons. The number of fused-ring (bicyclic) bond motifs is 3. The lowest BCUT2D eigenvalue weighted by Crippen LogP contribution is -2.04. The average molecular weight is 272 g/mol. The Morgan fingerprint density at radius 3 is 2.71 bits per heavy atom. The third kappa shape index (κ3) is 2.15. The van der Waals surface area contributed by atoms with Crippen molar-refractivity contribution < 1.29 is 0 Å². The normalized spacial score (nSPS) is 16.5. The van der Waals surface area contributed by atoms with Crippen LogP contribution < -0.4 is 0 Å². The first-order valence-corrected chi connectivity index (χ1v) is 7.87. The highest BCUT2D eigenvalue weighted by Crippen LogP contribution is 2.39. The average Bonchev–Trinajstić information content (AvgIpc) is 3.15. The van der Waals surface area contributed by atoms with Crippen molar-refractivity contribution in [2.24, 2.45) is 5.92 Å². The van der Waals surface area contributed by atoms with Gasteiger partial charge in [-0.05, 0) is 53.0 Å². The van der Waals surface area contributed by atoms with E-state index in [2.05, 4.69) is 67.6 Å². The Morgan fingerprint density at radius 2 is 1.86 bits per heavy atom. The molecular weight excluding hydrogens is 252 g/mol. The minimum atomic E-state index is 0.634. The molecule has 1 unspecified atom stereocenters. The molecule has 0 spiro atoms. The molecule has 4 rings (SSSR count). The summed E-state index contributed by atoms with van der Waals surface area (Å²) in [5.74, 6) is 0.634. The van der Waals surface area contributed by atoms with Crippen LogP contribution in [0.25, 0.3) is 11.1 Å². The molecule has 0 nitrogen and oxygen atoms in total. The molecular formula is C21H20. The third-order valence-corrected chi connectivity index (χ3v) is 4.91. The Hall–Kier alpha value is -2.08. The lowest BCUT2D eigenvalue weighted by atomic mass is 9.89. The van der Waals surface area contributed by atoms with Crippen LogP contribution in [0.2, 0.25) is 0 Å². The van der Waals surface area contributed by atoms with Crippen LogP contribution in [0, 0.1) is 5.92 Å². The summed E-state index contributed by atoms with van der Waals surface area (Å²) < 4.78 is 0. The first kappa shape index (κ1) is 12.6. The molecule has 0 saturated carbocycles. The highest BCUT2D eigenvalue weighted by Gasteiger charge is 2.21. The smallest absolute Gasteiger partial charge is 0.00107 e. The first-order valence-electron chi connectivity index (χ1n) is 7.87. The van der Waals surface area contributed by atoms with Crippen LogP contribution in [0.3, 0.4) is 0 Å². The van der Waals surface area contributed by atoms with Crippen molar-refractivity contribution in [2.75, 3.05) is 0 Å². The fourth-order valence-electron chi connectivity index (χ4n) is 3.70.